The van der Waals surface area contributed by atoms with Crippen molar-refractivity contribution in [1.29, 1.82) is 0 Å². The molecule has 3 heterocycles. The SMILES string of the molecule is c1ccc2c(c1)[C@H]1c3ccccc3N3C4=C(CCCC4)[C@@H]2NC13. The molecule has 0 fully saturated rings. The quantitative estimate of drug-likeness (QED) is 0.773. The highest BCUT2D eigenvalue weighted by atomic mass is 15.3. The third kappa shape index (κ3) is 1.43. The fraction of sp³-hybridized carbons (Fsp3) is 0.333. The summed E-state index contributed by atoms with van der Waals surface area (Å²) in [5.74, 6) is 0.467. The molecule has 2 aromatic carbocycles. The first-order valence-electron chi connectivity index (χ1n) is 8.88. The zero-order valence-electron chi connectivity index (χ0n) is 13.1. The molecule has 6 rings (SSSR count). The summed E-state index contributed by atoms with van der Waals surface area (Å²) >= 11 is 0. The van der Waals surface area contributed by atoms with Crippen LogP contribution in [-0.2, 0) is 0 Å². The van der Waals surface area contributed by atoms with Crippen molar-refractivity contribution in [2.75, 3.05) is 4.90 Å². The number of para-hydroxylation sites is 1. The predicted molar refractivity (Wildman–Crippen MR) is 92.4 cm³/mol. The molecule has 0 amide bonds. The van der Waals surface area contributed by atoms with Gasteiger partial charge in [0.1, 0.15) is 0 Å². The van der Waals surface area contributed by atoms with Gasteiger partial charge in [0.05, 0.1) is 12.2 Å². The Hall–Kier alpha value is -2.06. The first-order valence-corrected chi connectivity index (χ1v) is 8.88. The second-order valence-corrected chi connectivity index (χ2v) is 7.26. The van der Waals surface area contributed by atoms with Crippen LogP contribution in [0.2, 0.25) is 0 Å². The van der Waals surface area contributed by atoms with Crippen LogP contribution in [0.25, 0.3) is 0 Å². The van der Waals surface area contributed by atoms with Gasteiger partial charge in [-0.1, -0.05) is 42.5 Å². The number of allylic oxidation sites excluding steroid dienone is 1. The second-order valence-electron chi connectivity index (χ2n) is 7.26. The largest absolute Gasteiger partial charge is 0.328 e. The average Bonchev–Trinajstić information content (AvgIpc) is 2.98. The van der Waals surface area contributed by atoms with Gasteiger partial charge < -0.3 is 4.90 Å². The molecule has 1 unspecified atom stereocenters. The molecule has 1 aliphatic carbocycles. The lowest BCUT2D eigenvalue weighted by Gasteiger charge is -2.48. The lowest BCUT2D eigenvalue weighted by molar-refractivity contribution is 0.365. The van der Waals surface area contributed by atoms with Crippen molar-refractivity contribution in [3.63, 3.8) is 0 Å². The molecule has 3 aliphatic heterocycles. The van der Waals surface area contributed by atoms with Gasteiger partial charge in [-0.3, -0.25) is 5.32 Å². The van der Waals surface area contributed by atoms with Crippen molar-refractivity contribution in [2.24, 2.45) is 0 Å². The Morgan fingerprint density at radius 2 is 1.57 bits per heavy atom. The molecule has 114 valence electrons. The minimum Gasteiger partial charge on any atom is -0.328 e. The molecule has 0 spiro atoms. The molecule has 2 bridgehead atoms. The number of fused-ring (bicyclic) bond motifs is 9. The Morgan fingerprint density at radius 1 is 0.826 bits per heavy atom. The molecule has 1 N–H and O–H groups in total. The highest BCUT2D eigenvalue weighted by molar-refractivity contribution is 5.72. The van der Waals surface area contributed by atoms with Crippen molar-refractivity contribution in [3.05, 3.63) is 76.5 Å². The van der Waals surface area contributed by atoms with Crippen LogP contribution in [0.1, 0.15) is 54.3 Å². The van der Waals surface area contributed by atoms with E-state index in [1.165, 1.54) is 48.1 Å². The van der Waals surface area contributed by atoms with E-state index < -0.39 is 0 Å². The van der Waals surface area contributed by atoms with Gasteiger partial charge in [-0.2, -0.15) is 0 Å². The predicted octanol–water partition coefficient (Wildman–Crippen LogP) is 4.45. The minimum absolute atomic E-state index is 0.407. The third-order valence-corrected chi connectivity index (χ3v) is 6.22. The highest BCUT2D eigenvalue weighted by Gasteiger charge is 2.50. The smallest absolute Gasteiger partial charge is 0.0960 e. The van der Waals surface area contributed by atoms with Crippen LogP contribution in [0, 0.1) is 0 Å². The summed E-state index contributed by atoms with van der Waals surface area (Å²) in [6, 6.07) is 18.6. The standard InChI is InChI=1S/C21H20N2/c1-2-8-14-13(7-1)19-15-9-3-5-11-17(15)23-18-12-6-4-10-16(18)20(14)22-21(19)23/h1-3,5,7-9,11,19-22H,4,6,10,12H2/t19-,20+,21?/m0/s1. The van der Waals surface area contributed by atoms with Gasteiger partial charge in [-0.15, -0.1) is 0 Å². The van der Waals surface area contributed by atoms with Crippen LogP contribution in [0.15, 0.2) is 59.8 Å². The Kier molecular flexibility index (Phi) is 2.30. The fourth-order valence-electron chi connectivity index (χ4n) is 5.37. The summed E-state index contributed by atoms with van der Waals surface area (Å²) in [7, 11) is 0. The average molecular weight is 300 g/mol. The maximum Gasteiger partial charge on any atom is 0.0960 e. The van der Waals surface area contributed by atoms with E-state index in [1.54, 1.807) is 11.3 Å². The topological polar surface area (TPSA) is 15.3 Å². The zero-order chi connectivity index (χ0) is 15.0. The van der Waals surface area contributed by atoms with E-state index in [4.69, 9.17) is 0 Å². The van der Waals surface area contributed by atoms with Crippen molar-refractivity contribution in [1.82, 2.24) is 5.32 Å². The minimum atomic E-state index is 0.407. The first kappa shape index (κ1) is 12.4. The molecule has 2 heteroatoms. The molecule has 23 heavy (non-hydrogen) atoms. The first-order chi connectivity index (χ1) is 11.4. The Balaban J connectivity index is 1.72. The molecule has 4 aliphatic rings. The monoisotopic (exact) mass is 300 g/mol. The molecular formula is C21H20N2. The summed E-state index contributed by atoms with van der Waals surface area (Å²) in [4.78, 5) is 2.64. The normalized spacial score (nSPS) is 29.9. The zero-order valence-corrected chi connectivity index (χ0v) is 13.1. The number of nitrogens with zero attached hydrogens (tertiary/aromatic N) is 1. The summed E-state index contributed by atoms with van der Waals surface area (Å²) in [5.41, 5.74) is 9.24. The molecule has 0 radical (unpaired) electrons. The second kappa shape index (κ2) is 4.27. The number of hydrogen-bond acceptors (Lipinski definition) is 2. The van der Waals surface area contributed by atoms with Gasteiger partial charge in [0.15, 0.2) is 0 Å². The van der Waals surface area contributed by atoms with Gasteiger partial charge in [-0.25, -0.2) is 0 Å². The molecule has 0 saturated carbocycles. The number of nitrogens with one attached hydrogen (secondary N) is 1. The maximum absolute atomic E-state index is 3.99. The van der Waals surface area contributed by atoms with Crippen LogP contribution >= 0.6 is 0 Å². The lowest BCUT2D eigenvalue weighted by atomic mass is 9.76. The Morgan fingerprint density at radius 3 is 2.48 bits per heavy atom. The molecular weight excluding hydrogens is 280 g/mol. The summed E-state index contributed by atoms with van der Waals surface area (Å²) in [6.07, 6.45) is 5.57. The third-order valence-electron chi connectivity index (χ3n) is 6.22. The van der Waals surface area contributed by atoms with Gasteiger partial charge in [-0.05, 0) is 54.0 Å². The number of anilines is 1. The molecule has 3 atom stereocenters. The van der Waals surface area contributed by atoms with Gasteiger partial charge in [0.2, 0.25) is 0 Å². The van der Waals surface area contributed by atoms with Gasteiger partial charge >= 0.3 is 0 Å². The van der Waals surface area contributed by atoms with E-state index in [1.807, 2.05) is 0 Å². The van der Waals surface area contributed by atoms with E-state index in [0.29, 0.717) is 18.1 Å². The fourth-order valence-corrected chi connectivity index (χ4v) is 5.37. The number of rotatable bonds is 0. The lowest BCUT2D eigenvalue weighted by Crippen LogP contribution is -2.55. The van der Waals surface area contributed by atoms with Crippen LogP contribution in [0.4, 0.5) is 5.69 Å². The summed E-state index contributed by atoms with van der Waals surface area (Å²) in [5, 5.41) is 3.99. The van der Waals surface area contributed by atoms with E-state index in [2.05, 4.69) is 58.7 Å². The molecule has 0 saturated heterocycles. The Bertz CT molecular complexity index is 850. The number of benzene rings is 2. The molecule has 2 aromatic rings. The summed E-state index contributed by atoms with van der Waals surface area (Å²) in [6.45, 7) is 0. The van der Waals surface area contributed by atoms with E-state index >= 15 is 0 Å². The van der Waals surface area contributed by atoms with Crippen molar-refractivity contribution < 1.29 is 0 Å². The maximum atomic E-state index is 3.99. The molecule has 0 aromatic heterocycles. The highest BCUT2D eigenvalue weighted by Crippen LogP contribution is 2.56. The van der Waals surface area contributed by atoms with Crippen LogP contribution in [0.3, 0.4) is 0 Å². The number of hydrogen-bond donors (Lipinski definition) is 1. The van der Waals surface area contributed by atoms with Crippen LogP contribution < -0.4 is 10.2 Å². The van der Waals surface area contributed by atoms with E-state index in [-0.39, 0.29) is 0 Å². The van der Waals surface area contributed by atoms with Crippen molar-refractivity contribution in [2.45, 2.75) is 43.8 Å². The summed E-state index contributed by atoms with van der Waals surface area (Å²) < 4.78 is 0. The van der Waals surface area contributed by atoms with E-state index in [0.717, 1.165) is 0 Å². The van der Waals surface area contributed by atoms with E-state index in [9.17, 15) is 0 Å². The van der Waals surface area contributed by atoms with Gasteiger partial charge in [0, 0.05) is 17.3 Å². The van der Waals surface area contributed by atoms with Crippen molar-refractivity contribution >= 4 is 5.69 Å². The van der Waals surface area contributed by atoms with Gasteiger partial charge in [0.25, 0.3) is 0 Å². The Labute approximate surface area is 136 Å². The molecule has 2 nitrogen and oxygen atoms in total. The van der Waals surface area contributed by atoms with Crippen molar-refractivity contribution in [3.8, 4) is 0 Å². The van der Waals surface area contributed by atoms with Crippen LogP contribution in [0.5, 0.6) is 0 Å². The van der Waals surface area contributed by atoms with Crippen LogP contribution in [-0.4, -0.2) is 6.17 Å².